The molecule has 5 nitrogen and oxygen atoms in total. The van der Waals surface area contributed by atoms with Crippen molar-refractivity contribution in [3.05, 3.63) is 23.5 Å². The molecule has 2 aromatic heterocycles. The Kier molecular flexibility index (Phi) is 3.40. The summed E-state index contributed by atoms with van der Waals surface area (Å²) in [5, 5.41) is 14.6. The first-order valence-electron chi connectivity index (χ1n) is 6.13. The van der Waals surface area contributed by atoms with Crippen LogP contribution in [0.25, 0.3) is 4.96 Å². The fourth-order valence-electron chi connectivity index (χ4n) is 1.66. The van der Waals surface area contributed by atoms with Crippen molar-refractivity contribution >= 4 is 22.3 Å². The minimum atomic E-state index is -0.857. The molecule has 0 aliphatic rings. The van der Waals surface area contributed by atoms with Crippen molar-refractivity contribution in [2.45, 2.75) is 39.8 Å². The Morgan fingerprint density at radius 3 is 2.74 bits per heavy atom. The van der Waals surface area contributed by atoms with Gasteiger partial charge < -0.3 is 10.4 Å². The highest BCUT2D eigenvalue weighted by molar-refractivity contribution is 7.15. The molecule has 6 heteroatoms. The number of hydrogen-bond acceptors (Lipinski definition) is 4. The quantitative estimate of drug-likeness (QED) is 0.883. The highest BCUT2D eigenvalue weighted by Crippen LogP contribution is 2.31. The van der Waals surface area contributed by atoms with Gasteiger partial charge in [0.15, 0.2) is 4.96 Å². The summed E-state index contributed by atoms with van der Waals surface area (Å²) in [4.78, 5) is 16.7. The van der Waals surface area contributed by atoms with Crippen LogP contribution in [0.15, 0.2) is 17.8 Å². The molecule has 0 saturated carbocycles. The lowest BCUT2D eigenvalue weighted by molar-refractivity contribution is -0.151. The number of thiazole rings is 1. The maximum Gasteiger partial charge on any atom is 0.310 e. The van der Waals surface area contributed by atoms with Gasteiger partial charge in [0.05, 0.1) is 11.1 Å². The number of fused-ring (bicyclic) bond motifs is 1. The number of imidazole rings is 1. The van der Waals surface area contributed by atoms with E-state index >= 15 is 0 Å². The van der Waals surface area contributed by atoms with E-state index in [2.05, 4.69) is 10.3 Å². The molecule has 0 aliphatic carbocycles. The fourth-order valence-corrected chi connectivity index (χ4v) is 2.38. The van der Waals surface area contributed by atoms with Crippen LogP contribution in [0.3, 0.4) is 0 Å². The molecule has 0 radical (unpaired) electrons. The van der Waals surface area contributed by atoms with E-state index in [1.54, 1.807) is 25.2 Å². The summed E-state index contributed by atoms with van der Waals surface area (Å²) in [5.41, 5.74) is -0.471. The largest absolute Gasteiger partial charge is 0.481 e. The number of carboxylic acids is 1. The third-order valence-corrected chi connectivity index (χ3v) is 4.72. The predicted octanol–water partition coefficient (Wildman–Crippen LogP) is 2.37. The Morgan fingerprint density at radius 2 is 2.16 bits per heavy atom. The van der Waals surface area contributed by atoms with Gasteiger partial charge in [0.2, 0.25) is 0 Å². The van der Waals surface area contributed by atoms with Gasteiger partial charge in [-0.05, 0) is 27.7 Å². The molecule has 19 heavy (non-hydrogen) atoms. The zero-order chi connectivity index (χ0) is 14.3. The van der Waals surface area contributed by atoms with Crippen molar-refractivity contribution in [3.8, 4) is 0 Å². The first-order chi connectivity index (χ1) is 8.74. The Hall–Kier alpha value is -1.40. The number of aliphatic carboxylic acids is 1. The van der Waals surface area contributed by atoms with E-state index in [4.69, 9.17) is 0 Å². The molecular formula is C13H19N3O2S. The standard InChI is InChI=1S/C13H19N3O2S/c1-12(2,10(17)18)13(3,4)14-7-9-8-16-5-6-19-11(16)15-9/h5-6,8,14H,7H2,1-4H3,(H,17,18). The average Bonchev–Trinajstić information content (AvgIpc) is 2.85. The molecule has 0 unspecified atom stereocenters. The summed E-state index contributed by atoms with van der Waals surface area (Å²) in [6.45, 7) is 7.82. The van der Waals surface area contributed by atoms with Gasteiger partial charge in [-0.25, -0.2) is 4.98 Å². The highest BCUT2D eigenvalue weighted by atomic mass is 32.1. The van der Waals surface area contributed by atoms with Crippen molar-refractivity contribution in [1.29, 1.82) is 0 Å². The van der Waals surface area contributed by atoms with E-state index in [1.807, 2.05) is 36.0 Å². The second-order valence-electron chi connectivity index (χ2n) is 5.73. The summed E-state index contributed by atoms with van der Waals surface area (Å²) in [5.74, 6) is -0.809. The zero-order valence-corrected chi connectivity index (χ0v) is 12.4. The minimum Gasteiger partial charge on any atom is -0.481 e. The predicted molar refractivity (Wildman–Crippen MR) is 75.4 cm³/mol. The van der Waals surface area contributed by atoms with Crippen LogP contribution in [0.4, 0.5) is 0 Å². The molecule has 2 aromatic rings. The maximum absolute atomic E-state index is 11.3. The van der Waals surface area contributed by atoms with E-state index in [-0.39, 0.29) is 0 Å². The Balaban J connectivity index is 2.09. The van der Waals surface area contributed by atoms with Crippen molar-refractivity contribution in [2.24, 2.45) is 5.41 Å². The molecule has 0 aromatic carbocycles. The van der Waals surface area contributed by atoms with Gasteiger partial charge >= 0.3 is 5.97 Å². The van der Waals surface area contributed by atoms with E-state index in [0.717, 1.165) is 10.7 Å². The zero-order valence-electron chi connectivity index (χ0n) is 11.6. The monoisotopic (exact) mass is 281 g/mol. The van der Waals surface area contributed by atoms with E-state index in [1.165, 1.54) is 0 Å². The van der Waals surface area contributed by atoms with Crippen LogP contribution in [-0.4, -0.2) is 26.0 Å². The molecule has 2 heterocycles. The summed E-state index contributed by atoms with van der Waals surface area (Å²) < 4.78 is 1.97. The van der Waals surface area contributed by atoms with Gasteiger partial charge in [-0.3, -0.25) is 9.20 Å². The normalized spacial score (nSPS) is 13.1. The smallest absolute Gasteiger partial charge is 0.310 e. The first-order valence-corrected chi connectivity index (χ1v) is 7.01. The molecule has 0 atom stereocenters. The lowest BCUT2D eigenvalue weighted by Crippen LogP contribution is -2.54. The van der Waals surface area contributed by atoms with Gasteiger partial charge in [-0.1, -0.05) is 0 Å². The van der Waals surface area contributed by atoms with E-state index in [0.29, 0.717) is 6.54 Å². The number of rotatable bonds is 5. The summed E-state index contributed by atoms with van der Waals surface area (Å²) >= 11 is 1.58. The van der Waals surface area contributed by atoms with Gasteiger partial charge in [0, 0.05) is 29.9 Å². The van der Waals surface area contributed by atoms with Crippen molar-refractivity contribution in [2.75, 3.05) is 0 Å². The summed E-state index contributed by atoms with van der Waals surface area (Å²) in [7, 11) is 0. The maximum atomic E-state index is 11.3. The molecular weight excluding hydrogens is 262 g/mol. The third kappa shape index (κ3) is 2.50. The number of carbonyl (C=O) groups is 1. The lowest BCUT2D eigenvalue weighted by atomic mass is 9.74. The number of carboxylic acid groups (broad SMARTS) is 1. The second-order valence-corrected chi connectivity index (χ2v) is 6.61. The van der Waals surface area contributed by atoms with Gasteiger partial charge in [-0.15, -0.1) is 11.3 Å². The molecule has 0 spiro atoms. The van der Waals surface area contributed by atoms with Crippen LogP contribution in [-0.2, 0) is 11.3 Å². The molecule has 0 amide bonds. The van der Waals surface area contributed by atoms with E-state index < -0.39 is 16.9 Å². The van der Waals surface area contributed by atoms with Crippen molar-refractivity contribution in [3.63, 3.8) is 0 Å². The molecule has 0 saturated heterocycles. The SMILES string of the molecule is CC(C)(NCc1cn2ccsc2n1)C(C)(C)C(=O)O. The molecule has 104 valence electrons. The topological polar surface area (TPSA) is 66.6 Å². The lowest BCUT2D eigenvalue weighted by Gasteiger charge is -2.38. The molecule has 0 aliphatic heterocycles. The Labute approximate surface area is 116 Å². The van der Waals surface area contributed by atoms with Gasteiger partial charge in [0.1, 0.15) is 0 Å². The van der Waals surface area contributed by atoms with Crippen molar-refractivity contribution in [1.82, 2.24) is 14.7 Å². The Morgan fingerprint density at radius 1 is 1.47 bits per heavy atom. The van der Waals surface area contributed by atoms with Crippen LogP contribution < -0.4 is 5.32 Å². The van der Waals surface area contributed by atoms with Crippen LogP contribution in [0, 0.1) is 5.41 Å². The minimum absolute atomic E-state index is 0.532. The van der Waals surface area contributed by atoms with Gasteiger partial charge in [-0.2, -0.15) is 0 Å². The summed E-state index contributed by atoms with van der Waals surface area (Å²) in [6, 6.07) is 0. The number of hydrogen-bond donors (Lipinski definition) is 2. The third-order valence-electron chi connectivity index (χ3n) is 3.95. The Bertz CT molecular complexity index is 569. The van der Waals surface area contributed by atoms with Gasteiger partial charge in [0.25, 0.3) is 0 Å². The number of nitrogens with one attached hydrogen (secondary N) is 1. The van der Waals surface area contributed by atoms with Crippen molar-refractivity contribution < 1.29 is 9.90 Å². The molecule has 0 fully saturated rings. The highest BCUT2D eigenvalue weighted by Gasteiger charge is 2.43. The van der Waals surface area contributed by atoms with E-state index in [9.17, 15) is 9.90 Å². The van der Waals surface area contributed by atoms with Crippen LogP contribution in [0.1, 0.15) is 33.4 Å². The second kappa shape index (κ2) is 4.61. The number of aromatic nitrogens is 2. The fraction of sp³-hybridized carbons (Fsp3) is 0.538. The van der Waals surface area contributed by atoms with Crippen LogP contribution in [0.5, 0.6) is 0 Å². The average molecular weight is 281 g/mol. The summed E-state index contributed by atoms with van der Waals surface area (Å²) in [6.07, 6.45) is 3.92. The molecule has 0 bridgehead atoms. The molecule has 2 rings (SSSR count). The first kappa shape index (κ1) is 14.0. The van der Waals surface area contributed by atoms with Crippen LogP contribution in [0.2, 0.25) is 0 Å². The molecule has 2 N–H and O–H groups in total. The number of nitrogens with zero attached hydrogens (tertiary/aromatic N) is 2. The van der Waals surface area contributed by atoms with Crippen LogP contribution >= 0.6 is 11.3 Å².